The van der Waals surface area contributed by atoms with Crippen LogP contribution in [0.25, 0.3) is 0 Å². The molecule has 2 fully saturated rings. The van der Waals surface area contributed by atoms with Crippen molar-refractivity contribution in [3.05, 3.63) is 41.8 Å². The number of rotatable bonds is 5. The average molecular weight is 558 g/mol. The van der Waals surface area contributed by atoms with Crippen LogP contribution in [-0.2, 0) is 20.9 Å². The monoisotopic (exact) mass is 557 g/mol. The van der Waals surface area contributed by atoms with Crippen molar-refractivity contribution in [2.24, 2.45) is 4.99 Å². The number of hydrogen-bond donors (Lipinski definition) is 2. The highest BCUT2D eigenvalue weighted by atomic mass is 16.7. The molecule has 2 bridgehead atoms. The fourth-order valence-corrected chi connectivity index (χ4v) is 4.16. The number of nitrogens with one attached hydrogen (secondary N) is 2. The third-order valence-electron chi connectivity index (χ3n) is 5.70. The number of guanidine groups is 1. The first-order valence-corrected chi connectivity index (χ1v) is 13.0. The lowest BCUT2D eigenvalue weighted by atomic mass is 10.0. The lowest BCUT2D eigenvalue weighted by molar-refractivity contribution is -0.140. The van der Waals surface area contributed by atoms with Crippen molar-refractivity contribution in [2.75, 3.05) is 11.9 Å². The third kappa shape index (κ3) is 7.68. The van der Waals surface area contributed by atoms with Gasteiger partial charge in [-0.3, -0.25) is 15.5 Å². The SMILES string of the molecule is CC(C)(C)OC(=O)/N=C(\NC(=O)OC(C)(C)C)Nc1nnc([C@@H]2CC[C@H]3CN2C(=O)N3OCc2ccccc2)o1. The molecule has 2 aliphatic rings. The average Bonchev–Trinajstić information content (AvgIpc) is 3.39. The number of piperidine rings is 1. The van der Waals surface area contributed by atoms with Crippen LogP contribution >= 0.6 is 0 Å². The number of aliphatic imine (C=N–C) groups is 1. The van der Waals surface area contributed by atoms with Gasteiger partial charge in [0, 0.05) is 6.54 Å². The number of benzene rings is 1. The number of ether oxygens (including phenoxy) is 2. The number of hydrogen-bond acceptors (Lipinski definition) is 9. The lowest BCUT2D eigenvalue weighted by Gasteiger charge is -2.27. The predicted octanol–water partition coefficient (Wildman–Crippen LogP) is 4.37. The van der Waals surface area contributed by atoms with E-state index in [0.717, 1.165) is 5.56 Å². The number of anilines is 1. The van der Waals surface area contributed by atoms with Gasteiger partial charge in [-0.15, -0.1) is 10.1 Å². The Morgan fingerprint density at radius 3 is 2.42 bits per heavy atom. The highest BCUT2D eigenvalue weighted by molar-refractivity contribution is 6.05. The standard InChI is InChI=1S/C26H35N7O7/c1-25(2,3)39-22(34)28-20(29-23(35)40-26(4,5)6)27-21-31-30-19(38-21)18-13-12-17-14-32(18)24(36)33(17)37-15-16-10-8-7-9-11-16/h7-11,17-18H,12-15H2,1-6H3,(H2,27,28,29,31,34,35)/t17-,18-/m0/s1. The smallest absolute Gasteiger partial charge is 0.437 e. The summed E-state index contributed by atoms with van der Waals surface area (Å²) in [5, 5.41) is 14.5. The lowest BCUT2D eigenvalue weighted by Crippen LogP contribution is -2.40. The summed E-state index contributed by atoms with van der Waals surface area (Å²) in [5.41, 5.74) is -0.645. The normalized spacial score (nSPS) is 19.4. The van der Waals surface area contributed by atoms with E-state index in [1.54, 1.807) is 46.4 Å². The Kier molecular flexibility index (Phi) is 8.28. The van der Waals surface area contributed by atoms with Gasteiger partial charge in [0.25, 0.3) is 0 Å². The van der Waals surface area contributed by atoms with Crippen LogP contribution in [0.2, 0.25) is 0 Å². The van der Waals surface area contributed by atoms with Crippen LogP contribution in [0.5, 0.6) is 0 Å². The first-order chi connectivity index (χ1) is 18.8. The summed E-state index contributed by atoms with van der Waals surface area (Å²) >= 11 is 0. The molecule has 0 aliphatic carbocycles. The Morgan fingerprint density at radius 2 is 1.75 bits per heavy atom. The Bertz CT molecular complexity index is 1250. The van der Waals surface area contributed by atoms with Crippen LogP contribution < -0.4 is 10.6 Å². The molecule has 3 heterocycles. The molecule has 1 aromatic carbocycles. The van der Waals surface area contributed by atoms with Gasteiger partial charge >= 0.3 is 24.2 Å². The molecule has 4 rings (SSSR count). The summed E-state index contributed by atoms with van der Waals surface area (Å²) < 4.78 is 16.2. The molecule has 0 unspecified atom stereocenters. The second kappa shape index (κ2) is 11.5. The zero-order valence-electron chi connectivity index (χ0n) is 23.5. The first-order valence-electron chi connectivity index (χ1n) is 13.0. The summed E-state index contributed by atoms with van der Waals surface area (Å²) in [4.78, 5) is 49.0. The molecule has 216 valence electrons. The molecule has 40 heavy (non-hydrogen) atoms. The van der Waals surface area contributed by atoms with E-state index < -0.39 is 29.4 Å². The molecule has 14 heteroatoms. The number of carbonyl (C=O) groups is 3. The van der Waals surface area contributed by atoms with E-state index in [1.165, 1.54) is 5.06 Å². The molecule has 0 radical (unpaired) electrons. The summed E-state index contributed by atoms with van der Waals surface area (Å²) in [7, 11) is 0. The highest BCUT2D eigenvalue weighted by Gasteiger charge is 2.47. The molecule has 0 spiro atoms. The number of amides is 4. The van der Waals surface area contributed by atoms with Gasteiger partial charge in [-0.25, -0.2) is 14.4 Å². The van der Waals surface area contributed by atoms with Crippen molar-refractivity contribution in [2.45, 2.75) is 84.3 Å². The number of carbonyl (C=O) groups excluding carboxylic acids is 3. The van der Waals surface area contributed by atoms with Gasteiger partial charge in [0.2, 0.25) is 11.9 Å². The van der Waals surface area contributed by atoms with E-state index in [4.69, 9.17) is 18.7 Å². The van der Waals surface area contributed by atoms with Crippen molar-refractivity contribution in [3.8, 4) is 0 Å². The Hall–Kier alpha value is -4.20. The van der Waals surface area contributed by atoms with Gasteiger partial charge < -0.3 is 18.8 Å². The van der Waals surface area contributed by atoms with Crippen LogP contribution in [0.4, 0.5) is 20.4 Å². The van der Waals surface area contributed by atoms with Gasteiger partial charge in [0.1, 0.15) is 23.9 Å². The van der Waals surface area contributed by atoms with Crippen molar-refractivity contribution in [1.29, 1.82) is 0 Å². The minimum atomic E-state index is -0.956. The Labute approximate surface area is 232 Å². The number of alkyl carbamates (subject to hydrolysis) is 1. The second-order valence-corrected chi connectivity index (χ2v) is 11.4. The molecule has 2 aliphatic heterocycles. The molecule has 0 saturated carbocycles. The Morgan fingerprint density at radius 1 is 1.05 bits per heavy atom. The van der Waals surface area contributed by atoms with Gasteiger partial charge in [-0.05, 0) is 59.9 Å². The van der Waals surface area contributed by atoms with E-state index in [0.29, 0.717) is 19.4 Å². The summed E-state index contributed by atoms with van der Waals surface area (Å²) in [6.45, 7) is 10.9. The fraction of sp³-hybridized carbons (Fsp3) is 0.538. The second-order valence-electron chi connectivity index (χ2n) is 11.4. The van der Waals surface area contributed by atoms with Crippen molar-refractivity contribution in [3.63, 3.8) is 0 Å². The molecule has 2 N–H and O–H groups in total. The van der Waals surface area contributed by atoms with Gasteiger partial charge in [-0.1, -0.05) is 35.4 Å². The highest BCUT2D eigenvalue weighted by Crippen LogP contribution is 2.38. The maximum atomic E-state index is 13.1. The minimum Gasteiger partial charge on any atom is -0.444 e. The zero-order chi connectivity index (χ0) is 29.1. The van der Waals surface area contributed by atoms with Crippen LogP contribution in [0.1, 0.15) is 71.9 Å². The number of aromatic nitrogens is 2. The number of urea groups is 1. The van der Waals surface area contributed by atoms with Crippen molar-refractivity contribution < 1.29 is 33.1 Å². The molecule has 2 aromatic rings. The molecule has 2 atom stereocenters. The van der Waals surface area contributed by atoms with E-state index in [9.17, 15) is 14.4 Å². The molecule has 2 saturated heterocycles. The molecule has 4 amide bonds. The predicted molar refractivity (Wildman–Crippen MR) is 142 cm³/mol. The maximum absolute atomic E-state index is 13.1. The van der Waals surface area contributed by atoms with E-state index >= 15 is 0 Å². The van der Waals surface area contributed by atoms with Crippen molar-refractivity contribution >= 4 is 30.2 Å². The fourth-order valence-electron chi connectivity index (χ4n) is 4.16. The van der Waals surface area contributed by atoms with E-state index in [1.807, 2.05) is 30.3 Å². The van der Waals surface area contributed by atoms with E-state index in [-0.39, 0.29) is 36.5 Å². The van der Waals surface area contributed by atoms with Crippen LogP contribution in [0, 0.1) is 0 Å². The van der Waals surface area contributed by atoms with Crippen LogP contribution in [-0.4, -0.2) is 68.1 Å². The van der Waals surface area contributed by atoms with E-state index in [2.05, 4.69) is 25.8 Å². The van der Waals surface area contributed by atoms with Gasteiger partial charge in [-0.2, -0.15) is 5.06 Å². The molecular formula is C26H35N7O7. The zero-order valence-corrected chi connectivity index (χ0v) is 23.5. The number of fused-ring (bicyclic) bond motifs is 2. The number of hydroxylamine groups is 2. The van der Waals surface area contributed by atoms with Crippen LogP contribution in [0.3, 0.4) is 0 Å². The topological polar surface area (TPSA) is 161 Å². The largest absolute Gasteiger partial charge is 0.444 e. The first kappa shape index (κ1) is 28.8. The third-order valence-corrected chi connectivity index (χ3v) is 5.70. The maximum Gasteiger partial charge on any atom is 0.437 e. The number of nitrogens with zero attached hydrogens (tertiary/aromatic N) is 5. The van der Waals surface area contributed by atoms with Crippen LogP contribution in [0.15, 0.2) is 39.7 Å². The van der Waals surface area contributed by atoms with Crippen molar-refractivity contribution in [1.82, 2.24) is 25.5 Å². The van der Waals surface area contributed by atoms with Gasteiger partial charge in [0.05, 0.1) is 6.04 Å². The summed E-state index contributed by atoms with van der Waals surface area (Å²) in [6.07, 6.45) is -0.558. The molecule has 14 nitrogen and oxygen atoms in total. The summed E-state index contributed by atoms with van der Waals surface area (Å²) in [5.74, 6) is -0.145. The quantitative estimate of drug-likeness (QED) is 0.399. The van der Waals surface area contributed by atoms with Gasteiger partial charge in [0.15, 0.2) is 0 Å². The summed E-state index contributed by atoms with van der Waals surface area (Å²) in [6, 6.07) is 8.62. The minimum absolute atomic E-state index is 0.0847. The Balaban J connectivity index is 1.44. The molecule has 1 aromatic heterocycles. The molecular weight excluding hydrogens is 522 g/mol.